The molecule has 0 saturated carbocycles. The van der Waals surface area contributed by atoms with Crippen LogP contribution < -0.4 is 4.74 Å². The highest BCUT2D eigenvalue weighted by molar-refractivity contribution is 6.31. The Morgan fingerprint density at radius 3 is 2.57 bits per heavy atom. The van der Waals surface area contributed by atoms with Crippen molar-refractivity contribution in [2.75, 3.05) is 7.11 Å². The standard InChI is InChI=1S/C14H8ClF3N2O/c1-21-13-12-8(4-5-19-13)11(14(16,17)18)9-6-7(15)2-3-10(9)20-12/h2-6H,1H3. The lowest BCUT2D eigenvalue weighted by atomic mass is 10.0. The summed E-state index contributed by atoms with van der Waals surface area (Å²) in [6.07, 6.45) is -3.29. The van der Waals surface area contributed by atoms with Gasteiger partial charge in [0.1, 0.15) is 5.52 Å². The molecule has 2 heterocycles. The predicted octanol–water partition coefficient (Wildman–Crippen LogP) is 4.46. The Morgan fingerprint density at radius 1 is 1.14 bits per heavy atom. The maximum absolute atomic E-state index is 13.5. The Balaban J connectivity index is 2.58. The van der Waals surface area contributed by atoms with E-state index in [1.54, 1.807) is 0 Å². The van der Waals surface area contributed by atoms with Crippen molar-refractivity contribution in [1.82, 2.24) is 9.97 Å². The number of methoxy groups -OCH3 is 1. The minimum atomic E-state index is -4.55. The number of aromatic nitrogens is 2. The summed E-state index contributed by atoms with van der Waals surface area (Å²) < 4.78 is 45.4. The van der Waals surface area contributed by atoms with Crippen molar-refractivity contribution in [3.63, 3.8) is 0 Å². The number of pyridine rings is 2. The van der Waals surface area contributed by atoms with Crippen LogP contribution in [0.15, 0.2) is 30.5 Å². The Hall–Kier alpha value is -2.08. The minimum absolute atomic E-state index is 0.0456. The first-order valence-electron chi connectivity index (χ1n) is 5.91. The second-order valence-electron chi connectivity index (χ2n) is 4.36. The van der Waals surface area contributed by atoms with Gasteiger partial charge in [-0.2, -0.15) is 13.2 Å². The first-order valence-corrected chi connectivity index (χ1v) is 6.29. The van der Waals surface area contributed by atoms with E-state index in [0.29, 0.717) is 0 Å². The van der Waals surface area contributed by atoms with Crippen LogP contribution in [-0.2, 0) is 6.18 Å². The molecule has 1 aromatic carbocycles. The average Bonchev–Trinajstić information content (AvgIpc) is 2.42. The molecule has 108 valence electrons. The number of halogens is 4. The molecule has 21 heavy (non-hydrogen) atoms. The van der Waals surface area contributed by atoms with Crippen molar-refractivity contribution < 1.29 is 17.9 Å². The van der Waals surface area contributed by atoms with E-state index in [-0.39, 0.29) is 32.7 Å². The van der Waals surface area contributed by atoms with Crippen molar-refractivity contribution in [3.05, 3.63) is 41.0 Å². The van der Waals surface area contributed by atoms with Gasteiger partial charge in [-0.1, -0.05) is 11.6 Å². The number of nitrogens with zero attached hydrogens (tertiary/aromatic N) is 2. The fraction of sp³-hybridized carbons (Fsp3) is 0.143. The quantitative estimate of drug-likeness (QED) is 0.622. The van der Waals surface area contributed by atoms with Gasteiger partial charge in [0.2, 0.25) is 5.88 Å². The van der Waals surface area contributed by atoms with Gasteiger partial charge in [0.15, 0.2) is 0 Å². The van der Waals surface area contributed by atoms with Crippen LogP contribution in [0.1, 0.15) is 5.56 Å². The van der Waals surface area contributed by atoms with Crippen LogP contribution in [0.25, 0.3) is 21.8 Å². The van der Waals surface area contributed by atoms with Crippen LogP contribution in [0, 0.1) is 0 Å². The number of hydrogen-bond acceptors (Lipinski definition) is 3. The van der Waals surface area contributed by atoms with E-state index in [0.717, 1.165) is 0 Å². The number of benzene rings is 1. The third-order valence-corrected chi connectivity index (χ3v) is 3.33. The van der Waals surface area contributed by atoms with Gasteiger partial charge in [0.05, 0.1) is 18.2 Å². The van der Waals surface area contributed by atoms with E-state index < -0.39 is 11.7 Å². The van der Waals surface area contributed by atoms with E-state index in [9.17, 15) is 13.2 Å². The largest absolute Gasteiger partial charge is 0.479 e. The average molecular weight is 313 g/mol. The number of fused-ring (bicyclic) bond motifs is 2. The minimum Gasteiger partial charge on any atom is -0.479 e. The van der Waals surface area contributed by atoms with E-state index >= 15 is 0 Å². The second-order valence-corrected chi connectivity index (χ2v) is 4.80. The van der Waals surface area contributed by atoms with E-state index in [1.807, 2.05) is 0 Å². The van der Waals surface area contributed by atoms with Gasteiger partial charge >= 0.3 is 6.18 Å². The molecular weight excluding hydrogens is 305 g/mol. The summed E-state index contributed by atoms with van der Waals surface area (Å²) in [5.41, 5.74) is -0.529. The molecule has 7 heteroatoms. The van der Waals surface area contributed by atoms with E-state index in [4.69, 9.17) is 16.3 Å². The van der Waals surface area contributed by atoms with Crippen LogP contribution in [0.5, 0.6) is 5.88 Å². The summed E-state index contributed by atoms with van der Waals surface area (Å²) >= 11 is 5.82. The van der Waals surface area contributed by atoms with E-state index in [1.165, 1.54) is 37.6 Å². The molecule has 3 nitrogen and oxygen atoms in total. The van der Waals surface area contributed by atoms with Crippen LogP contribution in [0.2, 0.25) is 5.02 Å². The van der Waals surface area contributed by atoms with Gasteiger partial charge in [-0.15, -0.1) is 0 Å². The fourth-order valence-corrected chi connectivity index (χ4v) is 2.44. The van der Waals surface area contributed by atoms with Crippen LogP contribution in [0.4, 0.5) is 13.2 Å². The maximum Gasteiger partial charge on any atom is 0.417 e. The second kappa shape index (κ2) is 4.73. The summed E-state index contributed by atoms with van der Waals surface area (Å²) in [6.45, 7) is 0. The third kappa shape index (κ3) is 2.25. The number of hydrogen-bond donors (Lipinski definition) is 0. The first-order chi connectivity index (χ1) is 9.91. The molecular formula is C14H8ClF3N2O. The van der Waals surface area contributed by atoms with Crippen LogP contribution in [-0.4, -0.2) is 17.1 Å². The Bertz CT molecular complexity index is 849. The molecule has 0 atom stereocenters. The molecule has 0 aliphatic heterocycles. The molecule has 3 aromatic rings. The predicted molar refractivity (Wildman–Crippen MR) is 73.6 cm³/mol. The summed E-state index contributed by atoms with van der Waals surface area (Å²) in [6, 6.07) is 5.47. The normalized spacial score (nSPS) is 12.0. The lowest BCUT2D eigenvalue weighted by Gasteiger charge is -2.14. The molecule has 0 aliphatic carbocycles. The van der Waals surface area contributed by atoms with Crippen molar-refractivity contribution in [2.45, 2.75) is 6.18 Å². The zero-order valence-electron chi connectivity index (χ0n) is 10.7. The molecule has 0 radical (unpaired) electrons. The molecule has 0 amide bonds. The Labute approximate surface area is 122 Å². The lowest BCUT2D eigenvalue weighted by molar-refractivity contribution is -0.135. The number of rotatable bonds is 1. The van der Waals surface area contributed by atoms with Crippen LogP contribution >= 0.6 is 11.6 Å². The molecule has 0 N–H and O–H groups in total. The number of ether oxygens (including phenoxy) is 1. The summed E-state index contributed by atoms with van der Waals surface area (Å²) in [5.74, 6) is 0.0508. The Kier molecular flexibility index (Phi) is 3.13. The first kappa shape index (κ1) is 13.9. The van der Waals surface area contributed by atoms with Gasteiger partial charge in [-0.05, 0) is 24.3 Å². The fourth-order valence-electron chi connectivity index (χ4n) is 2.27. The molecule has 0 bridgehead atoms. The van der Waals surface area contributed by atoms with Crippen molar-refractivity contribution >= 4 is 33.4 Å². The molecule has 0 aliphatic rings. The third-order valence-electron chi connectivity index (χ3n) is 3.10. The zero-order chi connectivity index (χ0) is 15.2. The zero-order valence-corrected chi connectivity index (χ0v) is 11.5. The topological polar surface area (TPSA) is 35.0 Å². The van der Waals surface area contributed by atoms with Crippen molar-refractivity contribution in [2.24, 2.45) is 0 Å². The molecule has 0 saturated heterocycles. The van der Waals surface area contributed by atoms with Crippen molar-refractivity contribution in [1.29, 1.82) is 0 Å². The van der Waals surface area contributed by atoms with Crippen LogP contribution in [0.3, 0.4) is 0 Å². The van der Waals surface area contributed by atoms with Gasteiger partial charge < -0.3 is 4.74 Å². The number of alkyl halides is 3. The van der Waals surface area contributed by atoms with Gasteiger partial charge in [0, 0.05) is 22.0 Å². The molecule has 3 rings (SSSR count). The van der Waals surface area contributed by atoms with Crippen molar-refractivity contribution in [3.8, 4) is 5.88 Å². The molecule has 0 unspecified atom stereocenters. The highest BCUT2D eigenvalue weighted by Crippen LogP contribution is 2.41. The SMILES string of the molecule is COc1nccc2c(C(F)(F)F)c3cc(Cl)ccc3nc12. The lowest BCUT2D eigenvalue weighted by Crippen LogP contribution is -2.08. The summed E-state index contributed by atoms with van der Waals surface area (Å²) in [7, 11) is 1.34. The molecule has 0 fully saturated rings. The summed E-state index contributed by atoms with van der Waals surface area (Å²) in [4.78, 5) is 8.11. The summed E-state index contributed by atoms with van der Waals surface area (Å²) in [5, 5.41) is 0.107. The van der Waals surface area contributed by atoms with E-state index in [2.05, 4.69) is 9.97 Å². The maximum atomic E-state index is 13.5. The monoisotopic (exact) mass is 312 g/mol. The Morgan fingerprint density at radius 2 is 1.90 bits per heavy atom. The molecule has 2 aromatic heterocycles. The highest BCUT2D eigenvalue weighted by atomic mass is 35.5. The molecule has 0 spiro atoms. The van der Waals surface area contributed by atoms with Gasteiger partial charge in [-0.3, -0.25) is 0 Å². The smallest absolute Gasteiger partial charge is 0.417 e. The van der Waals surface area contributed by atoms with Gasteiger partial charge in [0.25, 0.3) is 0 Å². The van der Waals surface area contributed by atoms with Gasteiger partial charge in [-0.25, -0.2) is 9.97 Å². The highest BCUT2D eigenvalue weighted by Gasteiger charge is 2.36.